The lowest BCUT2D eigenvalue weighted by Crippen LogP contribution is -2.28. The Kier molecular flexibility index (Phi) is 1.66. The van der Waals surface area contributed by atoms with E-state index in [4.69, 9.17) is 5.11 Å². The van der Waals surface area contributed by atoms with Crippen molar-refractivity contribution in [3.05, 3.63) is 11.6 Å². The fourth-order valence-corrected chi connectivity index (χ4v) is 1.40. The smallest absolute Gasteiger partial charge is 0.337 e. The normalized spacial score (nSPS) is 25.0. The van der Waals surface area contributed by atoms with Crippen molar-refractivity contribution in [3.63, 3.8) is 0 Å². The molecular formula is C5H7NO2S. The van der Waals surface area contributed by atoms with E-state index in [9.17, 15) is 4.79 Å². The van der Waals surface area contributed by atoms with Gasteiger partial charge in [-0.2, -0.15) is 0 Å². The zero-order valence-corrected chi connectivity index (χ0v) is 5.76. The third-order valence-electron chi connectivity index (χ3n) is 1.08. The molecule has 1 atom stereocenters. The molecule has 9 heavy (non-hydrogen) atoms. The van der Waals surface area contributed by atoms with Crippen LogP contribution in [0.25, 0.3) is 0 Å². The molecule has 1 N–H and O–H groups in total. The first kappa shape index (κ1) is 6.48. The van der Waals surface area contributed by atoms with Gasteiger partial charge in [-0.3, -0.25) is 0 Å². The zero-order chi connectivity index (χ0) is 6.85. The van der Waals surface area contributed by atoms with Gasteiger partial charge in [-0.25, -0.2) is 4.79 Å². The minimum atomic E-state index is -0.785. The van der Waals surface area contributed by atoms with Gasteiger partial charge in [-0.05, 0) is 5.41 Å². The van der Waals surface area contributed by atoms with Gasteiger partial charge >= 0.3 is 5.97 Å². The van der Waals surface area contributed by atoms with Crippen molar-refractivity contribution in [2.24, 2.45) is 0 Å². The Morgan fingerprint density at radius 3 is 2.78 bits per heavy atom. The molecule has 1 unspecified atom stereocenters. The van der Waals surface area contributed by atoms with Crippen molar-refractivity contribution in [1.82, 2.24) is 4.90 Å². The van der Waals surface area contributed by atoms with Gasteiger partial charge in [0.25, 0.3) is 0 Å². The molecule has 0 aliphatic carbocycles. The number of hydrogen-bond acceptors (Lipinski definition) is 3. The Hall–Kier alpha value is -0.640. The van der Waals surface area contributed by atoms with E-state index in [-0.39, 0.29) is 0 Å². The highest BCUT2D eigenvalue weighted by Gasteiger charge is 2.23. The summed E-state index contributed by atoms with van der Waals surface area (Å²) in [7, 11) is 1.75. The first-order chi connectivity index (χ1) is 4.22. The van der Waals surface area contributed by atoms with Crippen molar-refractivity contribution in [2.75, 3.05) is 7.05 Å². The lowest BCUT2D eigenvalue weighted by molar-refractivity contribution is -0.138. The van der Waals surface area contributed by atoms with E-state index in [0.29, 0.717) is 0 Å². The van der Waals surface area contributed by atoms with E-state index >= 15 is 0 Å². The summed E-state index contributed by atoms with van der Waals surface area (Å²) >= 11 is 1.30. The standard InChI is InChI=1S/C5H7NO2S/c1-6-2-3-9-4(6)5(7)8/h2-4H,1H3,(H,7,8). The van der Waals surface area contributed by atoms with Crippen LogP contribution in [-0.2, 0) is 4.79 Å². The second-order valence-corrected chi connectivity index (χ2v) is 2.77. The summed E-state index contributed by atoms with van der Waals surface area (Å²) in [6.45, 7) is 0. The van der Waals surface area contributed by atoms with Crippen molar-refractivity contribution in [3.8, 4) is 0 Å². The van der Waals surface area contributed by atoms with E-state index in [1.54, 1.807) is 23.6 Å². The SMILES string of the molecule is CN1C=CSC1C(=O)O. The highest BCUT2D eigenvalue weighted by molar-refractivity contribution is 8.03. The van der Waals surface area contributed by atoms with E-state index in [1.165, 1.54) is 11.8 Å². The van der Waals surface area contributed by atoms with Crippen molar-refractivity contribution < 1.29 is 9.90 Å². The quantitative estimate of drug-likeness (QED) is 0.585. The monoisotopic (exact) mass is 145 g/mol. The molecule has 1 aliphatic heterocycles. The van der Waals surface area contributed by atoms with Gasteiger partial charge in [0.15, 0.2) is 5.37 Å². The molecule has 0 spiro atoms. The summed E-state index contributed by atoms with van der Waals surface area (Å²) in [5.41, 5.74) is 0. The topological polar surface area (TPSA) is 40.5 Å². The Labute approximate surface area is 57.3 Å². The van der Waals surface area contributed by atoms with Gasteiger partial charge in [-0.1, -0.05) is 11.8 Å². The average molecular weight is 145 g/mol. The summed E-state index contributed by atoms with van der Waals surface area (Å²) in [4.78, 5) is 12.0. The molecule has 0 saturated carbocycles. The van der Waals surface area contributed by atoms with Crippen LogP contribution >= 0.6 is 11.8 Å². The van der Waals surface area contributed by atoms with Crippen LogP contribution in [0.3, 0.4) is 0 Å². The summed E-state index contributed by atoms with van der Waals surface area (Å²) in [6.07, 6.45) is 1.75. The highest BCUT2D eigenvalue weighted by atomic mass is 32.2. The van der Waals surface area contributed by atoms with E-state index in [0.717, 1.165) is 0 Å². The first-order valence-corrected chi connectivity index (χ1v) is 3.43. The molecule has 0 fully saturated rings. The van der Waals surface area contributed by atoms with E-state index in [2.05, 4.69) is 0 Å². The number of carboxylic acids is 1. The number of rotatable bonds is 1. The van der Waals surface area contributed by atoms with Gasteiger partial charge in [0, 0.05) is 13.2 Å². The minimum Gasteiger partial charge on any atom is -0.479 e. The van der Waals surface area contributed by atoms with Gasteiger partial charge in [-0.15, -0.1) is 0 Å². The van der Waals surface area contributed by atoms with Crippen molar-refractivity contribution in [2.45, 2.75) is 5.37 Å². The van der Waals surface area contributed by atoms with Crippen molar-refractivity contribution in [1.29, 1.82) is 0 Å². The molecule has 1 rings (SSSR count). The lowest BCUT2D eigenvalue weighted by atomic mass is 10.6. The third-order valence-corrected chi connectivity index (χ3v) is 2.16. The van der Waals surface area contributed by atoms with Crippen LogP contribution in [-0.4, -0.2) is 28.4 Å². The summed E-state index contributed by atoms with van der Waals surface area (Å²) in [6, 6.07) is 0. The first-order valence-electron chi connectivity index (χ1n) is 2.48. The predicted molar refractivity (Wildman–Crippen MR) is 35.9 cm³/mol. The fraction of sp³-hybridized carbons (Fsp3) is 0.400. The number of likely N-dealkylation sites (N-methyl/N-ethyl adjacent to an activating group) is 1. The molecule has 0 aromatic rings. The van der Waals surface area contributed by atoms with Crippen LogP contribution < -0.4 is 0 Å². The average Bonchev–Trinajstić information content (AvgIpc) is 2.13. The molecule has 1 aliphatic rings. The predicted octanol–water partition coefficient (Wildman–Crippen LogP) is 0.547. The number of carbonyl (C=O) groups is 1. The zero-order valence-electron chi connectivity index (χ0n) is 4.94. The minimum absolute atomic E-state index is 0.412. The maximum Gasteiger partial charge on any atom is 0.337 e. The van der Waals surface area contributed by atoms with Crippen LogP contribution in [0, 0.1) is 0 Å². The van der Waals surface area contributed by atoms with Crippen molar-refractivity contribution >= 4 is 17.7 Å². The summed E-state index contributed by atoms with van der Waals surface area (Å²) in [5, 5.41) is 9.85. The molecule has 3 nitrogen and oxygen atoms in total. The van der Waals surface area contributed by atoms with Gasteiger partial charge in [0.1, 0.15) is 0 Å². The molecule has 1 heterocycles. The molecule has 0 radical (unpaired) electrons. The summed E-state index contributed by atoms with van der Waals surface area (Å²) in [5.74, 6) is -0.785. The number of nitrogens with zero attached hydrogens (tertiary/aromatic N) is 1. The summed E-state index contributed by atoms with van der Waals surface area (Å²) < 4.78 is 0. The highest BCUT2D eigenvalue weighted by Crippen LogP contribution is 2.22. The fourth-order valence-electron chi connectivity index (χ4n) is 0.612. The Bertz CT molecular complexity index is 157. The molecule has 0 bridgehead atoms. The second-order valence-electron chi connectivity index (χ2n) is 1.78. The van der Waals surface area contributed by atoms with Crippen LogP contribution in [0.15, 0.2) is 11.6 Å². The maximum atomic E-state index is 10.3. The lowest BCUT2D eigenvalue weighted by Gasteiger charge is -2.13. The van der Waals surface area contributed by atoms with E-state index < -0.39 is 11.3 Å². The molecule has 0 aromatic heterocycles. The van der Waals surface area contributed by atoms with Crippen LogP contribution in [0.4, 0.5) is 0 Å². The number of aliphatic carboxylic acids is 1. The van der Waals surface area contributed by atoms with Gasteiger partial charge < -0.3 is 10.0 Å². The second kappa shape index (κ2) is 2.31. The molecule has 0 amide bonds. The molecule has 0 aromatic carbocycles. The molecule has 0 saturated heterocycles. The van der Waals surface area contributed by atoms with Crippen LogP contribution in [0.1, 0.15) is 0 Å². The number of carboxylic acid groups (broad SMARTS) is 1. The Morgan fingerprint density at radius 1 is 1.89 bits per heavy atom. The number of hydrogen-bond donors (Lipinski definition) is 1. The molecule has 50 valence electrons. The third kappa shape index (κ3) is 1.18. The maximum absolute atomic E-state index is 10.3. The van der Waals surface area contributed by atoms with E-state index in [1.807, 2.05) is 0 Å². The van der Waals surface area contributed by atoms with Gasteiger partial charge in [0.05, 0.1) is 0 Å². The molecule has 4 heteroatoms. The molecular weight excluding hydrogens is 138 g/mol. The van der Waals surface area contributed by atoms with Gasteiger partial charge in [0.2, 0.25) is 0 Å². The van der Waals surface area contributed by atoms with Crippen LogP contribution in [0.2, 0.25) is 0 Å². The Morgan fingerprint density at radius 2 is 2.56 bits per heavy atom. The van der Waals surface area contributed by atoms with Crippen LogP contribution in [0.5, 0.6) is 0 Å². The largest absolute Gasteiger partial charge is 0.479 e. The number of thioether (sulfide) groups is 1. The Balaban J connectivity index is 2.55.